The van der Waals surface area contributed by atoms with Gasteiger partial charge in [0.15, 0.2) is 5.75 Å². The summed E-state index contributed by atoms with van der Waals surface area (Å²) in [4.78, 5) is -1.57. The van der Waals surface area contributed by atoms with E-state index < -0.39 is 41.5 Å². The van der Waals surface area contributed by atoms with E-state index in [1.165, 1.54) is 24.3 Å². The maximum absolute atomic E-state index is 11.6. The Kier molecular flexibility index (Phi) is 9.49. The van der Waals surface area contributed by atoms with Crippen LogP contribution in [-0.4, -0.2) is 31.0 Å². The quantitative estimate of drug-likeness (QED) is 0.241. The smallest absolute Gasteiger partial charge is 0.744 e. The topological polar surface area (TPSA) is 159 Å². The van der Waals surface area contributed by atoms with Crippen LogP contribution in [0.5, 0.6) is 5.75 Å². The van der Waals surface area contributed by atoms with E-state index >= 15 is 0 Å². The molecule has 0 radical (unpaired) electrons. The summed E-state index contributed by atoms with van der Waals surface area (Å²) in [5, 5.41) is 18.1. The van der Waals surface area contributed by atoms with E-state index in [4.69, 9.17) is 11.6 Å². The molecule has 30 heavy (non-hydrogen) atoms. The molecule has 0 fully saturated rings. The predicted octanol–water partition coefficient (Wildman–Crippen LogP) is -2.57. The maximum atomic E-state index is 11.6. The summed E-state index contributed by atoms with van der Waals surface area (Å²) >= 11 is 5.75. The molecular weight excluding hydrogens is 478 g/mol. The number of rotatable bonds is 4. The molecule has 0 heterocycles. The molecule has 0 aliphatic carbocycles. The second-order valence-electron chi connectivity index (χ2n) is 5.54. The van der Waals surface area contributed by atoms with E-state index in [1.54, 1.807) is 0 Å². The second-order valence-corrected chi connectivity index (χ2v) is 8.70. The summed E-state index contributed by atoms with van der Waals surface area (Å²) < 4.78 is 68.3. The van der Waals surface area contributed by atoms with Crippen molar-refractivity contribution < 1.29 is 90.2 Å². The number of nitrogens with zero attached hydrogens (tertiary/aromatic N) is 2. The Hall–Kier alpha value is -0.570. The van der Waals surface area contributed by atoms with E-state index in [-0.39, 0.29) is 75.6 Å². The molecule has 0 aliphatic rings. The molecule has 0 amide bonds. The first-order valence-electron chi connectivity index (χ1n) is 7.35. The number of phenols is 1. The van der Waals surface area contributed by atoms with Crippen LogP contribution in [0.15, 0.2) is 68.6 Å². The number of azo groups is 1. The molecule has 0 unspecified atom stereocenters. The number of benzene rings is 3. The van der Waals surface area contributed by atoms with E-state index in [2.05, 4.69) is 10.2 Å². The maximum Gasteiger partial charge on any atom is 1.00 e. The van der Waals surface area contributed by atoms with Gasteiger partial charge in [0.25, 0.3) is 0 Å². The van der Waals surface area contributed by atoms with Crippen LogP contribution in [0.1, 0.15) is 0 Å². The van der Waals surface area contributed by atoms with Crippen molar-refractivity contribution in [1.29, 1.82) is 0 Å². The van der Waals surface area contributed by atoms with Gasteiger partial charge in [-0.15, -0.1) is 5.11 Å². The van der Waals surface area contributed by atoms with E-state index in [1.807, 2.05) is 0 Å². The Morgan fingerprint density at radius 1 is 0.833 bits per heavy atom. The van der Waals surface area contributed by atoms with Crippen molar-refractivity contribution in [1.82, 2.24) is 0 Å². The fraction of sp³-hybridized carbons (Fsp3) is 0. The van der Waals surface area contributed by atoms with Crippen LogP contribution in [0.25, 0.3) is 10.8 Å². The molecular formula is C16H9ClN2Na2O7S2. The number of hydrogen-bond acceptors (Lipinski definition) is 9. The molecule has 0 aliphatic heterocycles. The molecule has 0 saturated carbocycles. The molecule has 3 aromatic carbocycles. The van der Waals surface area contributed by atoms with E-state index in [0.29, 0.717) is 5.02 Å². The van der Waals surface area contributed by atoms with Gasteiger partial charge in [-0.25, -0.2) is 16.8 Å². The zero-order valence-electron chi connectivity index (χ0n) is 15.6. The fourth-order valence-electron chi connectivity index (χ4n) is 2.39. The van der Waals surface area contributed by atoms with Crippen molar-refractivity contribution >= 4 is 54.0 Å². The standard InChI is InChI=1S/C16H11ClN2O7S2.2Na/c17-10-1-3-11(4-2-10)18-19-15-14(28(24,25)26)8-9-7-12(27(21,22)23)5-6-13(9)16(15)20;;/h1-8,20H,(H,21,22,23)(H,24,25,26);;/q;2*+1/p-2. The van der Waals surface area contributed by atoms with Crippen LogP contribution in [0.4, 0.5) is 11.4 Å². The van der Waals surface area contributed by atoms with E-state index in [0.717, 1.165) is 24.3 Å². The van der Waals surface area contributed by atoms with Crippen LogP contribution in [0, 0.1) is 0 Å². The monoisotopic (exact) mass is 486 g/mol. The summed E-state index contributed by atoms with van der Waals surface area (Å²) in [5.74, 6) is -0.709. The molecule has 0 aromatic heterocycles. The zero-order chi connectivity index (χ0) is 20.7. The molecule has 0 saturated heterocycles. The van der Waals surface area contributed by atoms with Gasteiger partial charge in [-0.05, 0) is 53.9 Å². The third-order valence-corrected chi connectivity index (χ3v) is 5.61. The largest absolute Gasteiger partial charge is 1.00 e. The first-order valence-corrected chi connectivity index (χ1v) is 10.5. The minimum Gasteiger partial charge on any atom is -0.744 e. The molecule has 146 valence electrons. The van der Waals surface area contributed by atoms with Crippen LogP contribution < -0.4 is 59.1 Å². The molecule has 0 bridgehead atoms. The van der Waals surface area contributed by atoms with Gasteiger partial charge >= 0.3 is 59.1 Å². The summed E-state index contributed by atoms with van der Waals surface area (Å²) in [6.45, 7) is 0. The molecule has 0 spiro atoms. The van der Waals surface area contributed by atoms with Crippen LogP contribution in [-0.2, 0) is 20.2 Å². The normalized spacial score (nSPS) is 11.8. The van der Waals surface area contributed by atoms with Gasteiger partial charge in [-0.1, -0.05) is 11.6 Å². The fourth-order valence-corrected chi connectivity index (χ4v) is 3.67. The Bertz CT molecular complexity index is 1330. The van der Waals surface area contributed by atoms with Crippen LogP contribution in [0.3, 0.4) is 0 Å². The average Bonchev–Trinajstić information content (AvgIpc) is 2.60. The van der Waals surface area contributed by atoms with Gasteiger partial charge in [0.1, 0.15) is 25.9 Å². The average molecular weight is 487 g/mol. The van der Waals surface area contributed by atoms with Gasteiger partial charge in [-0.3, -0.25) is 0 Å². The molecule has 14 heteroatoms. The number of fused-ring (bicyclic) bond motifs is 1. The van der Waals surface area contributed by atoms with Gasteiger partial charge in [0, 0.05) is 10.4 Å². The first-order chi connectivity index (χ1) is 13.0. The summed E-state index contributed by atoms with van der Waals surface area (Å²) in [6.07, 6.45) is 0. The third kappa shape index (κ3) is 6.24. The number of hydrogen-bond donors (Lipinski definition) is 1. The minimum absolute atomic E-state index is 0. The van der Waals surface area contributed by atoms with Crippen molar-refractivity contribution in [3.8, 4) is 5.75 Å². The van der Waals surface area contributed by atoms with Crippen LogP contribution >= 0.6 is 11.6 Å². The molecule has 0 atom stereocenters. The number of aromatic hydroxyl groups is 1. The SMILES string of the molecule is O=S(=O)([O-])c1ccc2c(O)c(N=Nc3ccc(Cl)cc3)c(S(=O)(=O)[O-])cc2c1.[Na+].[Na+]. The van der Waals surface area contributed by atoms with Gasteiger partial charge < -0.3 is 14.2 Å². The second kappa shape index (κ2) is 10.4. The third-order valence-electron chi connectivity index (χ3n) is 3.67. The Morgan fingerprint density at radius 3 is 1.97 bits per heavy atom. The van der Waals surface area contributed by atoms with Crippen molar-refractivity contribution in [2.75, 3.05) is 0 Å². The van der Waals surface area contributed by atoms with Gasteiger partial charge in [0.2, 0.25) is 0 Å². The summed E-state index contributed by atoms with van der Waals surface area (Å²) in [7, 11) is -9.95. The summed E-state index contributed by atoms with van der Waals surface area (Å²) in [6, 6.07) is 9.67. The molecule has 3 rings (SSSR count). The first kappa shape index (κ1) is 27.5. The number of halogens is 1. The van der Waals surface area contributed by atoms with Crippen molar-refractivity contribution in [2.45, 2.75) is 9.79 Å². The number of phenolic OH excluding ortho intramolecular Hbond substituents is 1. The molecule has 9 nitrogen and oxygen atoms in total. The Morgan fingerprint density at radius 2 is 1.43 bits per heavy atom. The van der Waals surface area contributed by atoms with Gasteiger partial charge in [-0.2, -0.15) is 5.11 Å². The van der Waals surface area contributed by atoms with Gasteiger partial charge in [0.05, 0.1) is 15.5 Å². The van der Waals surface area contributed by atoms with Crippen molar-refractivity contribution in [3.63, 3.8) is 0 Å². The Labute approximate surface area is 221 Å². The molecule has 3 aromatic rings. The zero-order valence-corrected chi connectivity index (χ0v) is 22.0. The van der Waals surface area contributed by atoms with E-state index in [9.17, 15) is 31.0 Å². The summed E-state index contributed by atoms with van der Waals surface area (Å²) in [5.41, 5.74) is -0.346. The molecule has 1 N–H and O–H groups in total. The van der Waals surface area contributed by atoms with Crippen LogP contribution in [0.2, 0.25) is 5.02 Å². The Balaban J connectivity index is 0.00000225. The predicted molar refractivity (Wildman–Crippen MR) is 97.2 cm³/mol. The van der Waals surface area contributed by atoms with Crippen molar-refractivity contribution in [3.05, 3.63) is 53.6 Å². The minimum atomic E-state index is -5.12. The van der Waals surface area contributed by atoms with Crippen molar-refractivity contribution in [2.24, 2.45) is 10.2 Å².